The zero-order valence-corrected chi connectivity index (χ0v) is 17.7. The van der Waals surface area contributed by atoms with Crippen LogP contribution in [0.25, 0.3) is 0 Å². The molecular weight excluding hydrogens is 421 g/mol. The third kappa shape index (κ3) is 5.29. The molecule has 0 aromatic heterocycles. The number of hydrogen-bond acceptors (Lipinski definition) is 4. The van der Waals surface area contributed by atoms with E-state index in [1.54, 1.807) is 17.0 Å². The Hall–Kier alpha value is -2.78. The summed E-state index contributed by atoms with van der Waals surface area (Å²) in [6.07, 6.45) is 2.97. The molecule has 1 aliphatic heterocycles. The lowest BCUT2D eigenvalue weighted by atomic mass is 9.96. The highest BCUT2D eigenvalue weighted by Gasteiger charge is 2.30. The number of likely N-dealkylation sites (tertiary alicyclic amines) is 1. The number of nitrogens with zero attached hydrogens (tertiary/aromatic N) is 1. The van der Waals surface area contributed by atoms with Gasteiger partial charge < -0.3 is 10.2 Å². The van der Waals surface area contributed by atoms with E-state index in [-0.39, 0.29) is 29.3 Å². The molecule has 31 heavy (non-hydrogen) atoms. The van der Waals surface area contributed by atoms with Crippen LogP contribution in [-0.4, -0.2) is 44.3 Å². The minimum atomic E-state index is -3.61. The maximum atomic E-state index is 13.1. The summed E-state index contributed by atoms with van der Waals surface area (Å²) in [6, 6.07) is 11.5. The van der Waals surface area contributed by atoms with Crippen LogP contribution in [0.5, 0.6) is 0 Å². The number of carbonyl (C=O) groups is 2. The first kappa shape index (κ1) is 21.5. The first-order valence-electron chi connectivity index (χ1n) is 10.3. The van der Waals surface area contributed by atoms with E-state index < -0.39 is 21.8 Å². The number of carbonyl (C=O) groups excluding carboxylic acids is 2. The smallest absolute Gasteiger partial charge is 0.253 e. The van der Waals surface area contributed by atoms with Gasteiger partial charge in [-0.3, -0.25) is 9.59 Å². The van der Waals surface area contributed by atoms with E-state index in [1.807, 2.05) is 0 Å². The van der Waals surface area contributed by atoms with E-state index in [0.29, 0.717) is 30.6 Å². The second-order valence-corrected chi connectivity index (χ2v) is 9.72. The molecule has 2 aromatic carbocycles. The zero-order valence-electron chi connectivity index (χ0n) is 16.9. The fraction of sp³-hybridized carbons (Fsp3) is 0.364. The lowest BCUT2D eigenvalue weighted by Crippen LogP contribution is -2.43. The summed E-state index contributed by atoms with van der Waals surface area (Å²) in [5.74, 6) is -1.33. The number of halogens is 1. The number of hydrogen-bond donors (Lipinski definition) is 2. The van der Waals surface area contributed by atoms with E-state index in [0.717, 1.165) is 12.8 Å². The van der Waals surface area contributed by atoms with Crippen LogP contribution in [0.3, 0.4) is 0 Å². The molecule has 2 aromatic rings. The van der Waals surface area contributed by atoms with Gasteiger partial charge in [0.15, 0.2) is 0 Å². The number of sulfonamides is 1. The fourth-order valence-electron chi connectivity index (χ4n) is 3.62. The lowest BCUT2D eigenvalue weighted by molar-refractivity contribution is -0.121. The summed E-state index contributed by atoms with van der Waals surface area (Å²) in [6.45, 7) is 0.782. The van der Waals surface area contributed by atoms with Gasteiger partial charge in [-0.2, -0.15) is 0 Å². The van der Waals surface area contributed by atoms with E-state index in [4.69, 9.17) is 0 Å². The summed E-state index contributed by atoms with van der Waals surface area (Å²) in [5.41, 5.74) is 0.772. The van der Waals surface area contributed by atoms with Crippen molar-refractivity contribution in [3.63, 3.8) is 0 Å². The van der Waals surface area contributed by atoms with Gasteiger partial charge in [0.2, 0.25) is 15.9 Å². The molecule has 1 unspecified atom stereocenters. The quantitative estimate of drug-likeness (QED) is 0.715. The molecule has 0 radical (unpaired) electrons. The average Bonchev–Trinajstić information content (AvgIpc) is 3.57. The number of rotatable bonds is 6. The third-order valence-corrected chi connectivity index (χ3v) is 7.00. The Morgan fingerprint density at radius 1 is 1.03 bits per heavy atom. The van der Waals surface area contributed by atoms with Crippen molar-refractivity contribution >= 4 is 27.5 Å². The summed E-state index contributed by atoms with van der Waals surface area (Å²) >= 11 is 0. The van der Waals surface area contributed by atoms with Crippen LogP contribution >= 0.6 is 0 Å². The van der Waals surface area contributed by atoms with Crippen LogP contribution in [0.2, 0.25) is 0 Å². The molecule has 1 saturated heterocycles. The minimum absolute atomic E-state index is 0.00452. The number of piperidine rings is 1. The fourth-order valence-corrected chi connectivity index (χ4v) is 4.98. The van der Waals surface area contributed by atoms with Gasteiger partial charge in [-0.05, 0) is 68.1 Å². The number of amides is 2. The lowest BCUT2D eigenvalue weighted by Gasteiger charge is -2.32. The van der Waals surface area contributed by atoms with Crippen molar-refractivity contribution < 1.29 is 22.4 Å². The van der Waals surface area contributed by atoms with Crippen molar-refractivity contribution in [1.29, 1.82) is 0 Å². The monoisotopic (exact) mass is 445 g/mol. The highest BCUT2D eigenvalue weighted by molar-refractivity contribution is 7.89. The molecule has 4 rings (SSSR count). The molecule has 2 fully saturated rings. The van der Waals surface area contributed by atoms with Crippen molar-refractivity contribution in [1.82, 2.24) is 9.62 Å². The van der Waals surface area contributed by atoms with E-state index in [1.165, 1.54) is 36.4 Å². The average molecular weight is 446 g/mol. The SMILES string of the molecule is O=C(Nc1cccc(S(=O)(=O)NC2CC2)c1)C1CCCN(C(=O)c2ccc(F)cc2)C1. The van der Waals surface area contributed by atoms with Crippen LogP contribution in [0, 0.1) is 11.7 Å². The molecule has 9 heteroatoms. The van der Waals surface area contributed by atoms with Gasteiger partial charge in [0.05, 0.1) is 10.8 Å². The first-order valence-corrected chi connectivity index (χ1v) is 11.8. The number of anilines is 1. The molecule has 0 bridgehead atoms. The van der Waals surface area contributed by atoms with Gasteiger partial charge in [0.1, 0.15) is 5.82 Å². The van der Waals surface area contributed by atoms with Gasteiger partial charge in [0, 0.05) is 30.4 Å². The molecule has 1 saturated carbocycles. The molecule has 2 N–H and O–H groups in total. The molecular formula is C22H24FN3O4S. The highest BCUT2D eigenvalue weighted by atomic mass is 32.2. The van der Waals surface area contributed by atoms with Crippen LogP contribution < -0.4 is 10.0 Å². The van der Waals surface area contributed by atoms with Crippen molar-refractivity contribution in [2.24, 2.45) is 5.92 Å². The number of benzene rings is 2. The predicted molar refractivity (Wildman–Crippen MR) is 113 cm³/mol. The summed E-state index contributed by atoms with van der Waals surface area (Å²) in [4.78, 5) is 27.2. The first-order chi connectivity index (χ1) is 14.8. The Bertz CT molecular complexity index is 1080. The summed E-state index contributed by atoms with van der Waals surface area (Å²) in [7, 11) is -3.61. The Balaban J connectivity index is 1.41. The topological polar surface area (TPSA) is 95.6 Å². The van der Waals surface area contributed by atoms with Crippen LogP contribution in [0.4, 0.5) is 10.1 Å². The number of nitrogens with one attached hydrogen (secondary N) is 2. The standard InChI is InChI=1S/C22H24FN3O4S/c23-17-8-6-15(7-9-17)22(28)26-12-2-3-16(14-26)21(27)24-19-4-1-5-20(13-19)31(29,30)25-18-10-11-18/h1,4-9,13,16,18,25H,2-3,10-12,14H2,(H,24,27). The molecule has 0 spiro atoms. The minimum Gasteiger partial charge on any atom is -0.338 e. The second kappa shape index (κ2) is 8.76. The van der Waals surface area contributed by atoms with Crippen molar-refractivity contribution in [2.45, 2.75) is 36.6 Å². The highest BCUT2D eigenvalue weighted by Crippen LogP contribution is 2.24. The molecule has 164 valence electrons. The van der Waals surface area contributed by atoms with Crippen molar-refractivity contribution in [2.75, 3.05) is 18.4 Å². The molecule has 1 aliphatic carbocycles. The van der Waals surface area contributed by atoms with Crippen LogP contribution in [-0.2, 0) is 14.8 Å². The van der Waals surface area contributed by atoms with Crippen LogP contribution in [0.15, 0.2) is 53.4 Å². The van der Waals surface area contributed by atoms with E-state index >= 15 is 0 Å². The van der Waals surface area contributed by atoms with E-state index in [2.05, 4.69) is 10.0 Å². The maximum absolute atomic E-state index is 13.1. The summed E-state index contributed by atoms with van der Waals surface area (Å²) in [5, 5.41) is 2.78. The van der Waals surface area contributed by atoms with E-state index in [9.17, 15) is 22.4 Å². The van der Waals surface area contributed by atoms with Gasteiger partial charge >= 0.3 is 0 Å². The Morgan fingerprint density at radius 3 is 2.48 bits per heavy atom. The Labute approximate surface area is 180 Å². The molecule has 1 heterocycles. The van der Waals surface area contributed by atoms with Gasteiger partial charge in [-0.1, -0.05) is 6.07 Å². The summed E-state index contributed by atoms with van der Waals surface area (Å²) < 4.78 is 40.5. The molecule has 7 nitrogen and oxygen atoms in total. The normalized spacial score (nSPS) is 19.1. The van der Waals surface area contributed by atoms with Crippen LogP contribution in [0.1, 0.15) is 36.0 Å². The van der Waals surface area contributed by atoms with Gasteiger partial charge in [-0.25, -0.2) is 17.5 Å². The second-order valence-electron chi connectivity index (χ2n) is 8.01. The molecule has 1 atom stereocenters. The van der Waals surface area contributed by atoms with Gasteiger partial charge in [-0.15, -0.1) is 0 Å². The predicted octanol–water partition coefficient (Wildman–Crippen LogP) is 2.76. The Kier molecular flexibility index (Phi) is 6.06. The zero-order chi connectivity index (χ0) is 22.0. The van der Waals surface area contributed by atoms with Crippen molar-refractivity contribution in [3.05, 3.63) is 59.9 Å². The third-order valence-electron chi connectivity index (χ3n) is 5.48. The Morgan fingerprint density at radius 2 is 1.77 bits per heavy atom. The maximum Gasteiger partial charge on any atom is 0.253 e. The largest absolute Gasteiger partial charge is 0.338 e. The molecule has 2 aliphatic rings. The van der Waals surface area contributed by atoms with Crippen molar-refractivity contribution in [3.8, 4) is 0 Å². The molecule has 2 amide bonds. The van der Waals surface area contributed by atoms with Gasteiger partial charge in [0.25, 0.3) is 5.91 Å².